The summed E-state index contributed by atoms with van der Waals surface area (Å²) in [6.45, 7) is 8.20. The maximum atomic E-state index is 12.6. The first-order chi connectivity index (χ1) is 12.3. The molecule has 0 bridgehead atoms. The van der Waals surface area contributed by atoms with Gasteiger partial charge < -0.3 is 9.47 Å². The van der Waals surface area contributed by atoms with Crippen LogP contribution in [0.4, 0.5) is 0 Å². The number of ether oxygens (including phenoxy) is 2. The smallest absolute Gasteiger partial charge is 0.311 e. The van der Waals surface area contributed by atoms with E-state index in [2.05, 4.69) is 33.8 Å². The Morgan fingerprint density at radius 1 is 1.00 bits per heavy atom. The minimum absolute atomic E-state index is 0.123. The van der Waals surface area contributed by atoms with Crippen molar-refractivity contribution in [3.63, 3.8) is 0 Å². The van der Waals surface area contributed by atoms with Crippen LogP contribution in [0.3, 0.4) is 0 Å². The molecule has 0 radical (unpaired) electrons. The van der Waals surface area contributed by atoms with Gasteiger partial charge in [0.15, 0.2) is 0 Å². The van der Waals surface area contributed by atoms with Crippen molar-refractivity contribution < 1.29 is 14.3 Å². The van der Waals surface area contributed by atoms with Crippen molar-refractivity contribution in [3.8, 4) is 17.6 Å². The molecule has 1 fully saturated rings. The minimum Gasteiger partial charge on any atom is -0.457 e. The van der Waals surface area contributed by atoms with Crippen LogP contribution in [0.25, 0.3) is 0 Å². The third kappa shape index (κ3) is 3.17. The largest absolute Gasteiger partial charge is 0.457 e. The summed E-state index contributed by atoms with van der Waals surface area (Å²) < 4.78 is 11.3. The highest BCUT2D eigenvalue weighted by atomic mass is 16.5. The van der Waals surface area contributed by atoms with E-state index in [1.54, 1.807) is 24.3 Å². The van der Waals surface area contributed by atoms with Gasteiger partial charge in [0.2, 0.25) is 6.10 Å². The molecule has 0 aliphatic heterocycles. The molecule has 2 aromatic carbocycles. The normalized spacial score (nSPS) is 18.4. The van der Waals surface area contributed by atoms with Crippen LogP contribution in [0.2, 0.25) is 0 Å². The minimum atomic E-state index is -0.950. The molecule has 4 nitrogen and oxygen atoms in total. The number of esters is 1. The summed E-state index contributed by atoms with van der Waals surface area (Å²) in [5, 5.41) is 9.50. The molecular weight excluding hydrogens is 326 g/mol. The lowest BCUT2D eigenvalue weighted by molar-refractivity contribution is -0.150. The maximum absolute atomic E-state index is 12.6. The number of nitrogens with zero attached hydrogens (tertiary/aromatic N) is 1. The van der Waals surface area contributed by atoms with E-state index in [0.717, 1.165) is 0 Å². The zero-order valence-electron chi connectivity index (χ0n) is 15.5. The maximum Gasteiger partial charge on any atom is 0.311 e. The Kier molecular flexibility index (Phi) is 4.50. The molecule has 4 heteroatoms. The standard InChI is InChI=1S/C22H23NO3/c1-21(2)19(22(21,3)4)20(24)26-18(14-23)15-9-8-12-17(13-15)25-16-10-6-5-7-11-16/h5-13,18-19H,1-4H3. The van der Waals surface area contributed by atoms with Gasteiger partial charge in [-0.1, -0.05) is 58.0 Å². The molecule has 0 saturated heterocycles. The molecule has 0 N–H and O–H groups in total. The number of rotatable bonds is 5. The zero-order valence-corrected chi connectivity index (χ0v) is 15.5. The highest BCUT2D eigenvalue weighted by Crippen LogP contribution is 2.68. The van der Waals surface area contributed by atoms with Crippen molar-refractivity contribution in [1.82, 2.24) is 0 Å². The number of nitriles is 1. The first-order valence-electron chi connectivity index (χ1n) is 8.70. The Hall–Kier alpha value is -2.80. The summed E-state index contributed by atoms with van der Waals surface area (Å²) in [6, 6.07) is 18.6. The summed E-state index contributed by atoms with van der Waals surface area (Å²) in [7, 11) is 0. The molecule has 3 rings (SSSR count). The van der Waals surface area contributed by atoms with Crippen LogP contribution < -0.4 is 4.74 Å². The third-order valence-corrected chi connectivity index (χ3v) is 5.75. The predicted octanol–water partition coefficient (Wildman–Crippen LogP) is 5.27. The Morgan fingerprint density at radius 2 is 1.62 bits per heavy atom. The first-order valence-corrected chi connectivity index (χ1v) is 8.70. The Balaban J connectivity index is 1.74. The SMILES string of the molecule is CC1(C)C(C(=O)OC(C#N)c2cccc(Oc3ccccc3)c2)C1(C)C. The van der Waals surface area contributed by atoms with Gasteiger partial charge in [0.1, 0.15) is 17.6 Å². The summed E-state index contributed by atoms with van der Waals surface area (Å²) in [6.07, 6.45) is -0.950. The van der Waals surface area contributed by atoms with Gasteiger partial charge in [-0.15, -0.1) is 0 Å². The second kappa shape index (κ2) is 6.49. The number of para-hydroxylation sites is 1. The molecule has 1 aliphatic carbocycles. The first kappa shape index (κ1) is 18.0. The zero-order chi connectivity index (χ0) is 18.9. The van der Waals surface area contributed by atoms with Gasteiger partial charge in [-0.2, -0.15) is 5.26 Å². The van der Waals surface area contributed by atoms with Gasteiger partial charge in [0, 0.05) is 5.56 Å². The van der Waals surface area contributed by atoms with E-state index in [0.29, 0.717) is 17.1 Å². The fourth-order valence-corrected chi connectivity index (χ4v) is 3.50. The lowest BCUT2D eigenvalue weighted by Crippen LogP contribution is -2.15. The predicted molar refractivity (Wildman–Crippen MR) is 98.5 cm³/mol. The van der Waals surface area contributed by atoms with Crippen LogP contribution >= 0.6 is 0 Å². The summed E-state index contributed by atoms with van der Waals surface area (Å²) in [4.78, 5) is 12.6. The van der Waals surface area contributed by atoms with E-state index in [-0.39, 0.29) is 22.7 Å². The van der Waals surface area contributed by atoms with E-state index in [1.807, 2.05) is 30.3 Å². The molecule has 1 aliphatic rings. The highest BCUT2D eigenvalue weighted by Gasteiger charge is 2.69. The lowest BCUT2D eigenvalue weighted by Gasteiger charge is -2.14. The average Bonchev–Trinajstić information content (AvgIpc) is 3.02. The highest BCUT2D eigenvalue weighted by molar-refractivity contribution is 5.79. The van der Waals surface area contributed by atoms with Crippen molar-refractivity contribution in [3.05, 3.63) is 60.2 Å². The molecule has 2 aromatic rings. The van der Waals surface area contributed by atoms with Crippen molar-refractivity contribution in [1.29, 1.82) is 5.26 Å². The fourth-order valence-electron chi connectivity index (χ4n) is 3.50. The van der Waals surface area contributed by atoms with Gasteiger partial charge >= 0.3 is 5.97 Å². The van der Waals surface area contributed by atoms with Crippen molar-refractivity contribution in [2.45, 2.75) is 33.8 Å². The molecule has 1 atom stereocenters. The number of carbonyl (C=O) groups excluding carboxylic acids is 1. The summed E-state index contributed by atoms with van der Waals surface area (Å²) in [5.74, 6) is 0.782. The van der Waals surface area contributed by atoms with Crippen molar-refractivity contribution >= 4 is 5.97 Å². The second-order valence-electron chi connectivity index (χ2n) is 7.81. The van der Waals surface area contributed by atoms with Crippen LogP contribution in [0.5, 0.6) is 11.5 Å². The Labute approximate surface area is 154 Å². The van der Waals surface area contributed by atoms with Crippen LogP contribution in [-0.2, 0) is 9.53 Å². The molecule has 26 heavy (non-hydrogen) atoms. The van der Waals surface area contributed by atoms with Gasteiger partial charge in [0.05, 0.1) is 5.92 Å². The number of carbonyl (C=O) groups is 1. The van der Waals surface area contributed by atoms with E-state index in [9.17, 15) is 10.1 Å². The summed E-state index contributed by atoms with van der Waals surface area (Å²) in [5.41, 5.74) is 0.357. The van der Waals surface area contributed by atoms with E-state index in [1.165, 1.54) is 0 Å². The van der Waals surface area contributed by atoms with E-state index in [4.69, 9.17) is 9.47 Å². The third-order valence-electron chi connectivity index (χ3n) is 5.75. The quantitative estimate of drug-likeness (QED) is 0.690. The van der Waals surface area contributed by atoms with E-state index >= 15 is 0 Å². The molecule has 0 amide bonds. The molecule has 0 spiro atoms. The molecule has 1 saturated carbocycles. The van der Waals surface area contributed by atoms with Crippen LogP contribution in [-0.4, -0.2) is 5.97 Å². The average molecular weight is 349 g/mol. The Morgan fingerprint density at radius 3 is 2.19 bits per heavy atom. The van der Waals surface area contributed by atoms with Crippen LogP contribution in [0, 0.1) is 28.1 Å². The topological polar surface area (TPSA) is 59.3 Å². The van der Waals surface area contributed by atoms with Crippen LogP contribution in [0.15, 0.2) is 54.6 Å². The van der Waals surface area contributed by atoms with Gasteiger partial charge in [-0.05, 0) is 35.1 Å². The molecular formula is C22H23NO3. The molecule has 134 valence electrons. The van der Waals surface area contributed by atoms with Gasteiger partial charge in [-0.3, -0.25) is 4.79 Å². The molecule has 0 aromatic heterocycles. The number of hydrogen-bond acceptors (Lipinski definition) is 4. The number of hydrogen-bond donors (Lipinski definition) is 0. The van der Waals surface area contributed by atoms with Crippen molar-refractivity contribution in [2.24, 2.45) is 16.7 Å². The second-order valence-corrected chi connectivity index (χ2v) is 7.81. The van der Waals surface area contributed by atoms with Gasteiger partial charge in [-0.25, -0.2) is 0 Å². The van der Waals surface area contributed by atoms with E-state index < -0.39 is 6.10 Å². The molecule has 0 heterocycles. The summed E-state index contributed by atoms with van der Waals surface area (Å²) >= 11 is 0. The van der Waals surface area contributed by atoms with Gasteiger partial charge in [0.25, 0.3) is 0 Å². The van der Waals surface area contributed by atoms with Crippen LogP contribution in [0.1, 0.15) is 39.4 Å². The molecule has 1 unspecified atom stereocenters. The Bertz CT molecular complexity index is 835. The fraction of sp³-hybridized carbons (Fsp3) is 0.364. The monoisotopic (exact) mass is 349 g/mol. The lowest BCUT2D eigenvalue weighted by atomic mass is 10.0. The number of benzene rings is 2. The van der Waals surface area contributed by atoms with Crippen molar-refractivity contribution in [2.75, 3.05) is 0 Å².